The van der Waals surface area contributed by atoms with E-state index in [2.05, 4.69) is 15.9 Å². The van der Waals surface area contributed by atoms with E-state index in [4.69, 9.17) is 4.42 Å². The second-order valence-electron chi connectivity index (χ2n) is 3.53. The molecular formula is C12H6BrF3O2. The minimum absolute atomic E-state index is 0.0353. The highest BCUT2D eigenvalue weighted by atomic mass is 79.9. The van der Waals surface area contributed by atoms with Gasteiger partial charge in [-0.25, -0.2) is 0 Å². The average Bonchev–Trinajstić information content (AvgIpc) is 2.80. The van der Waals surface area contributed by atoms with Crippen molar-refractivity contribution in [2.24, 2.45) is 0 Å². The maximum absolute atomic E-state index is 12.7. The van der Waals surface area contributed by atoms with Gasteiger partial charge in [-0.1, -0.05) is 15.9 Å². The van der Waals surface area contributed by atoms with E-state index in [1.807, 2.05) is 0 Å². The Balaban J connectivity index is 2.45. The fourth-order valence-electron chi connectivity index (χ4n) is 1.44. The van der Waals surface area contributed by atoms with Gasteiger partial charge in [0.2, 0.25) is 0 Å². The first-order valence-corrected chi connectivity index (χ1v) is 5.62. The van der Waals surface area contributed by atoms with E-state index in [1.54, 1.807) is 0 Å². The highest BCUT2D eigenvalue weighted by molar-refractivity contribution is 9.10. The maximum Gasteiger partial charge on any atom is 0.417 e. The minimum atomic E-state index is -4.51. The molecule has 1 heterocycles. The predicted octanol–water partition coefficient (Wildman–Crippen LogP) is 4.29. The molecule has 94 valence electrons. The maximum atomic E-state index is 12.7. The summed E-state index contributed by atoms with van der Waals surface area (Å²) >= 11 is 2.81. The van der Waals surface area contributed by atoms with Crippen LogP contribution in [-0.4, -0.2) is 5.78 Å². The van der Waals surface area contributed by atoms with Crippen LogP contribution in [0.4, 0.5) is 13.2 Å². The third-order valence-electron chi connectivity index (χ3n) is 2.32. The molecule has 0 aliphatic heterocycles. The largest absolute Gasteiger partial charge is 0.472 e. The molecule has 0 fully saturated rings. The zero-order chi connectivity index (χ0) is 13.3. The van der Waals surface area contributed by atoms with E-state index >= 15 is 0 Å². The fraction of sp³-hybridized carbons (Fsp3) is 0.0833. The molecule has 0 aliphatic rings. The molecule has 0 atom stereocenters. The third kappa shape index (κ3) is 2.48. The lowest BCUT2D eigenvalue weighted by Crippen LogP contribution is -2.09. The lowest BCUT2D eigenvalue weighted by atomic mass is 10.0. The summed E-state index contributed by atoms with van der Waals surface area (Å²) in [5.74, 6) is -0.512. The summed E-state index contributed by atoms with van der Waals surface area (Å²) in [7, 11) is 0. The second kappa shape index (κ2) is 4.61. The Morgan fingerprint density at radius 1 is 1.17 bits per heavy atom. The van der Waals surface area contributed by atoms with Gasteiger partial charge in [-0.3, -0.25) is 4.79 Å². The highest BCUT2D eigenvalue weighted by Gasteiger charge is 2.33. The van der Waals surface area contributed by atoms with Gasteiger partial charge >= 0.3 is 6.18 Å². The highest BCUT2D eigenvalue weighted by Crippen LogP contribution is 2.35. The molecule has 2 nitrogen and oxygen atoms in total. The number of carbonyl (C=O) groups is 1. The molecule has 0 saturated heterocycles. The predicted molar refractivity (Wildman–Crippen MR) is 61.3 cm³/mol. The number of furan rings is 1. The molecular weight excluding hydrogens is 313 g/mol. The summed E-state index contributed by atoms with van der Waals surface area (Å²) in [5.41, 5.74) is -0.700. The number of hydrogen-bond acceptors (Lipinski definition) is 2. The van der Waals surface area contributed by atoms with Gasteiger partial charge in [0.15, 0.2) is 5.78 Å². The van der Waals surface area contributed by atoms with Crippen molar-refractivity contribution >= 4 is 21.7 Å². The summed E-state index contributed by atoms with van der Waals surface area (Å²) in [6, 6.07) is 4.75. The van der Waals surface area contributed by atoms with E-state index < -0.39 is 17.5 Å². The standard InChI is InChI=1S/C12H6BrF3O2/c13-10-2-1-7(5-9(10)12(14,15)16)11(17)8-3-4-18-6-8/h1-6H. The van der Waals surface area contributed by atoms with Crippen molar-refractivity contribution in [3.63, 3.8) is 0 Å². The van der Waals surface area contributed by atoms with E-state index in [0.29, 0.717) is 0 Å². The van der Waals surface area contributed by atoms with Crippen molar-refractivity contribution in [1.82, 2.24) is 0 Å². The van der Waals surface area contributed by atoms with Crippen LogP contribution in [0.3, 0.4) is 0 Å². The Morgan fingerprint density at radius 2 is 1.89 bits per heavy atom. The van der Waals surface area contributed by atoms with E-state index in [1.165, 1.54) is 30.7 Å². The molecule has 2 rings (SSSR count). The normalized spacial score (nSPS) is 11.6. The number of rotatable bonds is 2. The van der Waals surface area contributed by atoms with Crippen LogP contribution in [0.25, 0.3) is 0 Å². The number of hydrogen-bond donors (Lipinski definition) is 0. The Hall–Kier alpha value is -1.56. The monoisotopic (exact) mass is 318 g/mol. The Labute approximate surface area is 109 Å². The first kappa shape index (κ1) is 12.9. The van der Waals surface area contributed by atoms with E-state index in [0.717, 1.165) is 6.07 Å². The minimum Gasteiger partial charge on any atom is -0.472 e. The van der Waals surface area contributed by atoms with Crippen molar-refractivity contribution < 1.29 is 22.4 Å². The molecule has 18 heavy (non-hydrogen) atoms. The van der Waals surface area contributed by atoms with Crippen LogP contribution in [0.5, 0.6) is 0 Å². The number of benzene rings is 1. The van der Waals surface area contributed by atoms with E-state index in [-0.39, 0.29) is 15.6 Å². The molecule has 0 bridgehead atoms. The number of carbonyl (C=O) groups excluding carboxylic acids is 1. The van der Waals surface area contributed by atoms with Crippen LogP contribution < -0.4 is 0 Å². The van der Waals surface area contributed by atoms with Crippen LogP contribution in [0.2, 0.25) is 0 Å². The van der Waals surface area contributed by atoms with Gasteiger partial charge in [0.05, 0.1) is 17.4 Å². The Morgan fingerprint density at radius 3 is 2.44 bits per heavy atom. The molecule has 0 saturated carbocycles. The van der Waals surface area contributed by atoms with Crippen LogP contribution in [0.15, 0.2) is 45.7 Å². The van der Waals surface area contributed by atoms with Gasteiger partial charge < -0.3 is 4.42 Å². The van der Waals surface area contributed by atoms with E-state index in [9.17, 15) is 18.0 Å². The fourth-order valence-corrected chi connectivity index (χ4v) is 1.92. The first-order chi connectivity index (χ1) is 8.39. The van der Waals surface area contributed by atoms with Crippen LogP contribution in [0, 0.1) is 0 Å². The van der Waals surface area contributed by atoms with Gasteiger partial charge in [-0.05, 0) is 24.3 Å². The molecule has 6 heteroatoms. The summed E-state index contributed by atoms with van der Waals surface area (Å²) < 4.78 is 42.7. The molecule has 0 unspecified atom stereocenters. The third-order valence-corrected chi connectivity index (χ3v) is 3.01. The number of halogens is 4. The van der Waals surface area contributed by atoms with Crippen molar-refractivity contribution in [2.45, 2.75) is 6.18 Å². The van der Waals surface area contributed by atoms with Crippen molar-refractivity contribution in [3.8, 4) is 0 Å². The molecule has 0 aliphatic carbocycles. The van der Waals surface area contributed by atoms with Crippen LogP contribution in [-0.2, 0) is 6.18 Å². The van der Waals surface area contributed by atoms with Crippen molar-refractivity contribution in [3.05, 3.63) is 58.0 Å². The summed E-state index contributed by atoms with van der Waals surface area (Å²) in [6.07, 6.45) is -2.03. The SMILES string of the molecule is O=C(c1ccoc1)c1ccc(Br)c(C(F)(F)F)c1. The summed E-state index contributed by atoms with van der Waals surface area (Å²) in [6.45, 7) is 0. The lowest BCUT2D eigenvalue weighted by Gasteiger charge is -2.10. The molecule has 0 N–H and O–H groups in total. The lowest BCUT2D eigenvalue weighted by molar-refractivity contribution is -0.138. The first-order valence-electron chi connectivity index (χ1n) is 4.83. The topological polar surface area (TPSA) is 30.2 Å². The number of alkyl halides is 3. The smallest absolute Gasteiger partial charge is 0.417 e. The molecule has 1 aromatic carbocycles. The Bertz CT molecular complexity index is 574. The number of ketones is 1. The van der Waals surface area contributed by atoms with Crippen LogP contribution in [0.1, 0.15) is 21.5 Å². The molecule has 0 radical (unpaired) electrons. The van der Waals surface area contributed by atoms with Gasteiger partial charge in [0, 0.05) is 10.0 Å². The van der Waals surface area contributed by atoms with Crippen molar-refractivity contribution in [2.75, 3.05) is 0 Å². The van der Waals surface area contributed by atoms with Gasteiger partial charge in [0.1, 0.15) is 6.26 Å². The van der Waals surface area contributed by atoms with Crippen LogP contribution >= 0.6 is 15.9 Å². The summed E-state index contributed by atoms with van der Waals surface area (Å²) in [4.78, 5) is 11.9. The Kier molecular flexibility index (Phi) is 3.30. The summed E-state index contributed by atoms with van der Waals surface area (Å²) in [5, 5.41) is 0. The zero-order valence-corrected chi connectivity index (χ0v) is 10.4. The molecule has 1 aromatic heterocycles. The molecule has 2 aromatic rings. The van der Waals surface area contributed by atoms with Gasteiger partial charge in [-0.2, -0.15) is 13.2 Å². The molecule has 0 spiro atoms. The van der Waals surface area contributed by atoms with Crippen molar-refractivity contribution in [1.29, 1.82) is 0 Å². The quantitative estimate of drug-likeness (QED) is 0.773. The van der Waals surface area contributed by atoms with Gasteiger partial charge in [0.25, 0.3) is 0 Å². The second-order valence-corrected chi connectivity index (χ2v) is 4.39. The zero-order valence-electron chi connectivity index (χ0n) is 8.79. The average molecular weight is 319 g/mol. The van der Waals surface area contributed by atoms with Gasteiger partial charge in [-0.15, -0.1) is 0 Å². The molecule has 0 amide bonds.